The van der Waals surface area contributed by atoms with Gasteiger partial charge in [0.2, 0.25) is 0 Å². The molecule has 27 heavy (non-hydrogen) atoms. The van der Waals surface area contributed by atoms with Crippen molar-refractivity contribution in [3.8, 4) is 0 Å². The summed E-state index contributed by atoms with van der Waals surface area (Å²) in [6.45, 7) is 12.1. The number of nitrogens with zero attached hydrogens (tertiary/aromatic N) is 3. The average Bonchev–Trinajstić information content (AvgIpc) is 3.09. The normalized spacial score (nSPS) is 33.3. The van der Waals surface area contributed by atoms with Gasteiger partial charge in [-0.3, -0.25) is 9.89 Å². The zero-order valence-corrected chi connectivity index (χ0v) is 19.3. The van der Waals surface area contributed by atoms with Gasteiger partial charge in [0, 0.05) is 56.8 Å². The van der Waals surface area contributed by atoms with Crippen molar-refractivity contribution in [2.75, 3.05) is 52.5 Å². The topological polar surface area (TPSA) is 49.3 Å². The Morgan fingerprint density at radius 1 is 1.22 bits per heavy atom. The molecule has 0 radical (unpaired) electrons. The Balaban J connectivity index is 0.00000210. The molecule has 2 saturated heterocycles. The van der Waals surface area contributed by atoms with Crippen LogP contribution in [0.5, 0.6) is 0 Å². The lowest BCUT2D eigenvalue weighted by Gasteiger charge is -2.61. The fourth-order valence-corrected chi connectivity index (χ4v) is 5.36. The van der Waals surface area contributed by atoms with Crippen LogP contribution in [-0.4, -0.2) is 86.5 Å². The molecule has 2 aliphatic heterocycles. The van der Waals surface area contributed by atoms with Crippen LogP contribution in [0.1, 0.15) is 46.0 Å². The van der Waals surface area contributed by atoms with E-state index in [1.165, 1.54) is 25.7 Å². The number of ether oxygens (including phenoxy) is 2. The second-order valence-electron chi connectivity index (χ2n) is 8.30. The Kier molecular flexibility index (Phi) is 7.66. The molecule has 0 bridgehead atoms. The minimum atomic E-state index is 0. The van der Waals surface area contributed by atoms with Gasteiger partial charge in [-0.15, -0.1) is 24.0 Å². The molecule has 2 aliphatic carbocycles. The van der Waals surface area contributed by atoms with Crippen molar-refractivity contribution in [3.63, 3.8) is 0 Å². The van der Waals surface area contributed by atoms with Crippen molar-refractivity contribution in [2.45, 2.75) is 64.1 Å². The molecular weight excluding hydrogens is 455 g/mol. The van der Waals surface area contributed by atoms with Crippen molar-refractivity contribution in [2.24, 2.45) is 10.4 Å². The van der Waals surface area contributed by atoms with Gasteiger partial charge in [0.1, 0.15) is 0 Å². The number of nitrogens with one attached hydrogen (secondary N) is 1. The second-order valence-corrected chi connectivity index (χ2v) is 8.30. The Morgan fingerprint density at radius 3 is 2.63 bits per heavy atom. The van der Waals surface area contributed by atoms with Crippen LogP contribution in [0.2, 0.25) is 0 Å². The molecule has 1 N–H and O–H groups in total. The summed E-state index contributed by atoms with van der Waals surface area (Å²) in [4.78, 5) is 9.95. The zero-order chi connectivity index (χ0) is 18.0. The second kappa shape index (κ2) is 9.59. The summed E-state index contributed by atoms with van der Waals surface area (Å²) in [6.07, 6.45) is 6.81. The first kappa shape index (κ1) is 21.6. The molecular formula is C20H37IN4O2. The summed E-state index contributed by atoms with van der Waals surface area (Å²) in [5, 5.41) is 3.85. The Bertz CT molecular complexity index is 508. The van der Waals surface area contributed by atoms with Crippen molar-refractivity contribution < 1.29 is 9.47 Å². The van der Waals surface area contributed by atoms with Gasteiger partial charge in [0.05, 0.1) is 19.3 Å². The van der Waals surface area contributed by atoms with Crippen LogP contribution in [0.4, 0.5) is 0 Å². The third kappa shape index (κ3) is 4.26. The minimum Gasteiger partial charge on any atom is -0.379 e. The highest BCUT2D eigenvalue weighted by Crippen LogP contribution is 2.57. The van der Waals surface area contributed by atoms with Crippen LogP contribution in [0.15, 0.2) is 4.99 Å². The molecule has 3 atom stereocenters. The van der Waals surface area contributed by atoms with Crippen molar-refractivity contribution in [1.29, 1.82) is 0 Å². The molecule has 156 valence electrons. The number of hydrogen-bond acceptors (Lipinski definition) is 4. The van der Waals surface area contributed by atoms with E-state index in [1.54, 1.807) is 0 Å². The Morgan fingerprint density at radius 2 is 2.00 bits per heavy atom. The van der Waals surface area contributed by atoms with Crippen LogP contribution in [0, 0.1) is 5.41 Å². The predicted molar refractivity (Wildman–Crippen MR) is 119 cm³/mol. The molecule has 0 amide bonds. The summed E-state index contributed by atoms with van der Waals surface area (Å²) in [7, 11) is 0. The minimum absolute atomic E-state index is 0. The standard InChI is InChI=1S/C20H36N4O2.HI/c1-3-21-19(22-17-14-18(26-4-2)20(17)7-5-8-20)24-9-6-16(15-24)23-10-12-25-13-11-23;/h16-18H,3-15H2,1-2H3,(H,21,22);1H. The summed E-state index contributed by atoms with van der Waals surface area (Å²) in [6, 6.07) is 1.19. The lowest BCUT2D eigenvalue weighted by molar-refractivity contribution is -0.168. The van der Waals surface area contributed by atoms with Crippen LogP contribution in [-0.2, 0) is 9.47 Å². The van der Waals surface area contributed by atoms with Gasteiger partial charge in [-0.2, -0.15) is 0 Å². The highest BCUT2D eigenvalue weighted by molar-refractivity contribution is 14.0. The molecule has 0 aromatic carbocycles. The van der Waals surface area contributed by atoms with Crippen molar-refractivity contribution in [1.82, 2.24) is 15.1 Å². The Hall–Kier alpha value is -0.120. The quantitative estimate of drug-likeness (QED) is 0.363. The van der Waals surface area contributed by atoms with Gasteiger partial charge in [-0.1, -0.05) is 6.42 Å². The largest absolute Gasteiger partial charge is 0.379 e. The van der Waals surface area contributed by atoms with Crippen LogP contribution in [0.25, 0.3) is 0 Å². The molecule has 0 aromatic rings. The summed E-state index contributed by atoms with van der Waals surface area (Å²) in [5.41, 5.74) is 0.383. The highest BCUT2D eigenvalue weighted by Gasteiger charge is 2.59. The van der Waals surface area contributed by atoms with Gasteiger partial charge in [0.15, 0.2) is 5.96 Å². The third-order valence-corrected chi connectivity index (χ3v) is 7.07. The first-order valence-electron chi connectivity index (χ1n) is 10.8. The molecule has 7 heteroatoms. The van der Waals surface area contributed by atoms with E-state index in [4.69, 9.17) is 14.5 Å². The van der Waals surface area contributed by atoms with E-state index in [2.05, 4.69) is 29.0 Å². The number of rotatable bonds is 5. The SMILES string of the molecule is CCN=C(NC1CC(OCC)C12CCC2)N1CCC(N2CCOCC2)C1.I. The van der Waals surface area contributed by atoms with E-state index < -0.39 is 0 Å². The van der Waals surface area contributed by atoms with E-state index in [-0.39, 0.29) is 24.0 Å². The van der Waals surface area contributed by atoms with E-state index in [0.29, 0.717) is 23.6 Å². The number of aliphatic imine (C=N–C) groups is 1. The molecule has 2 heterocycles. The van der Waals surface area contributed by atoms with Crippen LogP contribution < -0.4 is 5.32 Å². The van der Waals surface area contributed by atoms with Gasteiger partial charge in [-0.25, -0.2) is 0 Å². The number of morpholine rings is 1. The van der Waals surface area contributed by atoms with Crippen molar-refractivity contribution in [3.05, 3.63) is 0 Å². The maximum Gasteiger partial charge on any atom is 0.194 e. The van der Waals surface area contributed by atoms with Gasteiger partial charge in [0.25, 0.3) is 0 Å². The smallest absolute Gasteiger partial charge is 0.194 e. The summed E-state index contributed by atoms with van der Waals surface area (Å²) in [5.74, 6) is 1.13. The number of halogens is 1. The molecule has 0 aromatic heterocycles. The molecule has 4 rings (SSSR count). The first-order valence-corrected chi connectivity index (χ1v) is 10.8. The van der Waals surface area contributed by atoms with Crippen LogP contribution in [0.3, 0.4) is 0 Å². The number of likely N-dealkylation sites (tertiary alicyclic amines) is 1. The van der Waals surface area contributed by atoms with E-state index in [9.17, 15) is 0 Å². The van der Waals surface area contributed by atoms with Crippen molar-refractivity contribution >= 4 is 29.9 Å². The fourth-order valence-electron chi connectivity index (χ4n) is 5.36. The Labute approximate surface area is 181 Å². The molecule has 4 fully saturated rings. The first-order chi connectivity index (χ1) is 12.8. The summed E-state index contributed by atoms with van der Waals surface area (Å²) >= 11 is 0. The van der Waals surface area contributed by atoms with Gasteiger partial charge < -0.3 is 19.7 Å². The molecule has 3 unspecified atom stereocenters. The molecule has 4 aliphatic rings. The zero-order valence-electron chi connectivity index (χ0n) is 17.0. The van der Waals surface area contributed by atoms with E-state index in [0.717, 1.165) is 64.9 Å². The van der Waals surface area contributed by atoms with Gasteiger partial charge in [-0.05, 0) is 39.5 Å². The molecule has 6 nitrogen and oxygen atoms in total. The third-order valence-electron chi connectivity index (χ3n) is 7.07. The van der Waals surface area contributed by atoms with Crippen LogP contribution >= 0.6 is 24.0 Å². The lowest BCUT2D eigenvalue weighted by Crippen LogP contribution is -2.68. The average molecular weight is 492 g/mol. The summed E-state index contributed by atoms with van der Waals surface area (Å²) < 4.78 is 11.5. The lowest BCUT2D eigenvalue weighted by atomic mass is 9.51. The maximum atomic E-state index is 6.02. The fraction of sp³-hybridized carbons (Fsp3) is 0.950. The van der Waals surface area contributed by atoms with Gasteiger partial charge >= 0.3 is 0 Å². The van der Waals surface area contributed by atoms with E-state index in [1.807, 2.05) is 0 Å². The molecule has 2 saturated carbocycles. The van der Waals surface area contributed by atoms with E-state index >= 15 is 0 Å². The molecule has 1 spiro atoms. The monoisotopic (exact) mass is 492 g/mol. The number of guanidine groups is 1. The highest BCUT2D eigenvalue weighted by atomic mass is 127. The number of hydrogen-bond donors (Lipinski definition) is 1. The predicted octanol–water partition coefficient (Wildman–Crippen LogP) is 2.32. The maximum absolute atomic E-state index is 6.02.